The first kappa shape index (κ1) is 20.1. The SMILES string of the molecule is COc1ccc(-c2csc(NC(=O)CSC(=S)N3CCC(C)CC3)n2)cc1. The zero-order valence-electron chi connectivity index (χ0n) is 15.4. The van der Waals surface area contributed by atoms with Gasteiger partial charge in [0.1, 0.15) is 10.1 Å². The molecule has 5 nitrogen and oxygen atoms in total. The molecule has 0 spiro atoms. The van der Waals surface area contributed by atoms with Crippen molar-refractivity contribution in [3.63, 3.8) is 0 Å². The van der Waals surface area contributed by atoms with E-state index in [1.165, 1.54) is 35.9 Å². The van der Waals surface area contributed by atoms with E-state index >= 15 is 0 Å². The van der Waals surface area contributed by atoms with E-state index in [0.717, 1.165) is 40.3 Å². The smallest absolute Gasteiger partial charge is 0.236 e. The summed E-state index contributed by atoms with van der Waals surface area (Å²) in [6.07, 6.45) is 2.33. The minimum atomic E-state index is -0.0802. The lowest BCUT2D eigenvalue weighted by atomic mass is 10.00. The Morgan fingerprint density at radius 3 is 2.74 bits per heavy atom. The van der Waals surface area contributed by atoms with Gasteiger partial charge in [-0.2, -0.15) is 0 Å². The number of aromatic nitrogens is 1. The summed E-state index contributed by atoms with van der Waals surface area (Å²) in [5.41, 5.74) is 1.82. The quantitative estimate of drug-likeness (QED) is 0.717. The number of thiocarbonyl (C=S) groups is 1. The predicted molar refractivity (Wildman–Crippen MR) is 118 cm³/mol. The van der Waals surface area contributed by atoms with Gasteiger partial charge in [-0.1, -0.05) is 30.9 Å². The van der Waals surface area contributed by atoms with Crippen LogP contribution in [0, 0.1) is 5.92 Å². The van der Waals surface area contributed by atoms with E-state index in [-0.39, 0.29) is 5.91 Å². The number of ether oxygens (including phenoxy) is 1. The molecule has 3 rings (SSSR count). The van der Waals surface area contributed by atoms with E-state index in [2.05, 4.69) is 22.1 Å². The summed E-state index contributed by atoms with van der Waals surface area (Å²) < 4.78 is 5.98. The fraction of sp³-hybridized carbons (Fsp3) is 0.421. The second-order valence-electron chi connectivity index (χ2n) is 6.54. The summed E-state index contributed by atoms with van der Waals surface area (Å²) in [5, 5.41) is 5.40. The highest BCUT2D eigenvalue weighted by atomic mass is 32.2. The maximum atomic E-state index is 12.2. The number of nitrogens with zero attached hydrogens (tertiary/aromatic N) is 2. The molecule has 0 bridgehead atoms. The summed E-state index contributed by atoms with van der Waals surface area (Å²) in [4.78, 5) is 18.9. The van der Waals surface area contributed by atoms with E-state index < -0.39 is 0 Å². The Bertz CT molecular complexity index is 784. The van der Waals surface area contributed by atoms with Crippen LogP contribution >= 0.6 is 35.3 Å². The highest BCUT2D eigenvalue weighted by molar-refractivity contribution is 8.23. The van der Waals surface area contributed by atoms with Crippen LogP contribution in [0.2, 0.25) is 0 Å². The molecule has 8 heteroatoms. The Kier molecular flexibility index (Phi) is 7.09. The lowest BCUT2D eigenvalue weighted by molar-refractivity contribution is -0.113. The molecule has 1 aliphatic heterocycles. The number of carbonyl (C=O) groups excluding carboxylic acids is 1. The van der Waals surface area contributed by atoms with Gasteiger partial charge in [-0.3, -0.25) is 4.79 Å². The molecule has 0 unspecified atom stereocenters. The first-order valence-electron chi connectivity index (χ1n) is 8.86. The predicted octanol–water partition coefficient (Wildman–Crippen LogP) is 4.51. The Morgan fingerprint density at radius 1 is 1.37 bits per heavy atom. The summed E-state index contributed by atoms with van der Waals surface area (Å²) >= 11 is 8.32. The van der Waals surface area contributed by atoms with Crippen molar-refractivity contribution in [2.45, 2.75) is 19.8 Å². The molecule has 0 radical (unpaired) electrons. The molecule has 144 valence electrons. The normalized spacial score (nSPS) is 14.8. The van der Waals surface area contributed by atoms with Crippen molar-refractivity contribution in [2.75, 3.05) is 31.3 Å². The van der Waals surface area contributed by atoms with E-state index in [1.54, 1.807) is 7.11 Å². The van der Waals surface area contributed by atoms with Crippen LogP contribution in [-0.2, 0) is 4.79 Å². The maximum absolute atomic E-state index is 12.2. The molecule has 1 saturated heterocycles. The fourth-order valence-electron chi connectivity index (χ4n) is 2.79. The number of likely N-dealkylation sites (tertiary alicyclic amines) is 1. The summed E-state index contributed by atoms with van der Waals surface area (Å²) in [7, 11) is 1.64. The second kappa shape index (κ2) is 9.52. The molecule has 2 aromatic rings. The van der Waals surface area contributed by atoms with Gasteiger partial charge in [0.25, 0.3) is 0 Å². The number of methoxy groups -OCH3 is 1. The van der Waals surface area contributed by atoms with Crippen molar-refractivity contribution >= 4 is 50.7 Å². The van der Waals surface area contributed by atoms with Crippen LogP contribution < -0.4 is 10.1 Å². The molecule has 0 atom stereocenters. The molecular weight excluding hydrogens is 398 g/mol. The number of thiazole rings is 1. The number of nitrogens with one attached hydrogen (secondary N) is 1. The van der Waals surface area contributed by atoms with E-state index in [1.807, 2.05) is 29.6 Å². The van der Waals surface area contributed by atoms with Crippen LogP contribution in [-0.4, -0.2) is 46.1 Å². The second-order valence-corrected chi connectivity index (χ2v) is 9.01. The van der Waals surface area contributed by atoms with Crippen molar-refractivity contribution in [1.82, 2.24) is 9.88 Å². The third-order valence-corrected chi connectivity index (χ3v) is 6.79. The number of thioether (sulfide) groups is 1. The topological polar surface area (TPSA) is 54.5 Å². The van der Waals surface area contributed by atoms with Crippen LogP contribution in [0.15, 0.2) is 29.6 Å². The van der Waals surface area contributed by atoms with Crippen molar-refractivity contribution in [2.24, 2.45) is 5.92 Å². The van der Waals surface area contributed by atoms with E-state index in [0.29, 0.717) is 10.9 Å². The molecule has 27 heavy (non-hydrogen) atoms. The number of hydrogen-bond acceptors (Lipinski definition) is 6. The minimum Gasteiger partial charge on any atom is -0.497 e. The highest BCUT2D eigenvalue weighted by Gasteiger charge is 2.19. The van der Waals surface area contributed by atoms with E-state index in [9.17, 15) is 4.79 Å². The van der Waals surface area contributed by atoms with Gasteiger partial charge >= 0.3 is 0 Å². The Morgan fingerprint density at radius 2 is 2.07 bits per heavy atom. The van der Waals surface area contributed by atoms with Crippen molar-refractivity contribution in [3.8, 4) is 17.0 Å². The first-order valence-corrected chi connectivity index (χ1v) is 11.1. The molecule has 0 saturated carbocycles. The molecule has 1 fully saturated rings. The van der Waals surface area contributed by atoms with Crippen LogP contribution in [0.3, 0.4) is 0 Å². The third kappa shape index (κ3) is 5.67. The number of anilines is 1. The van der Waals surface area contributed by atoms with Gasteiger partial charge in [-0.05, 0) is 43.0 Å². The van der Waals surface area contributed by atoms with E-state index in [4.69, 9.17) is 17.0 Å². The highest BCUT2D eigenvalue weighted by Crippen LogP contribution is 2.27. The molecule has 1 aliphatic rings. The monoisotopic (exact) mass is 421 g/mol. The Labute approximate surface area is 173 Å². The number of benzene rings is 1. The van der Waals surface area contributed by atoms with Gasteiger partial charge in [-0.15, -0.1) is 11.3 Å². The number of piperidine rings is 1. The molecule has 1 N–H and O–H groups in total. The number of amides is 1. The van der Waals surface area contributed by atoms with Crippen LogP contribution in [0.4, 0.5) is 5.13 Å². The lowest BCUT2D eigenvalue weighted by Crippen LogP contribution is -2.36. The summed E-state index contributed by atoms with van der Waals surface area (Å²) in [6.45, 7) is 4.26. The molecule has 2 heterocycles. The Hall–Kier alpha value is -1.64. The summed E-state index contributed by atoms with van der Waals surface area (Å²) in [6, 6.07) is 7.69. The fourth-order valence-corrected chi connectivity index (χ4v) is 4.58. The van der Waals surface area contributed by atoms with Gasteiger partial charge in [0.2, 0.25) is 5.91 Å². The van der Waals surface area contributed by atoms with Gasteiger partial charge in [0.05, 0.1) is 18.6 Å². The number of hydrogen-bond donors (Lipinski definition) is 1. The average Bonchev–Trinajstić information content (AvgIpc) is 3.15. The van der Waals surface area contributed by atoms with Crippen molar-refractivity contribution < 1.29 is 9.53 Å². The van der Waals surface area contributed by atoms with Gasteiger partial charge in [0, 0.05) is 24.0 Å². The third-order valence-electron chi connectivity index (χ3n) is 4.50. The van der Waals surface area contributed by atoms with Crippen LogP contribution in [0.5, 0.6) is 5.75 Å². The maximum Gasteiger partial charge on any atom is 0.236 e. The van der Waals surface area contributed by atoms with Gasteiger partial charge < -0.3 is 15.0 Å². The molecular formula is C19H23N3O2S3. The lowest BCUT2D eigenvalue weighted by Gasteiger charge is -2.31. The average molecular weight is 422 g/mol. The number of carbonyl (C=O) groups is 1. The summed E-state index contributed by atoms with van der Waals surface area (Å²) in [5.74, 6) is 1.80. The number of rotatable bonds is 5. The van der Waals surface area contributed by atoms with Crippen LogP contribution in [0.1, 0.15) is 19.8 Å². The largest absolute Gasteiger partial charge is 0.497 e. The molecule has 1 aromatic carbocycles. The Balaban J connectivity index is 1.48. The first-order chi connectivity index (χ1) is 13.0. The molecule has 0 aliphatic carbocycles. The minimum absolute atomic E-state index is 0.0802. The van der Waals surface area contributed by atoms with Crippen LogP contribution in [0.25, 0.3) is 11.3 Å². The zero-order chi connectivity index (χ0) is 19.2. The van der Waals surface area contributed by atoms with Gasteiger partial charge in [-0.25, -0.2) is 4.98 Å². The molecule has 1 amide bonds. The standard InChI is InChI=1S/C19H23N3O2S3/c1-13-7-9-22(10-8-13)19(25)27-12-17(23)21-18-20-16(11-26-18)14-3-5-15(24-2)6-4-14/h3-6,11,13H,7-10,12H2,1-2H3,(H,20,21,23). The van der Waals surface area contributed by atoms with Crippen molar-refractivity contribution in [1.29, 1.82) is 0 Å². The van der Waals surface area contributed by atoms with Gasteiger partial charge in [0.15, 0.2) is 5.13 Å². The zero-order valence-corrected chi connectivity index (χ0v) is 17.9. The molecule has 1 aromatic heterocycles. The van der Waals surface area contributed by atoms with Crippen molar-refractivity contribution in [3.05, 3.63) is 29.6 Å².